The molecule has 0 bridgehead atoms. The summed E-state index contributed by atoms with van der Waals surface area (Å²) in [5.74, 6) is 1.82. The smallest absolute Gasteiger partial charge is 0.253 e. The van der Waals surface area contributed by atoms with Gasteiger partial charge < -0.3 is 30.1 Å². The summed E-state index contributed by atoms with van der Waals surface area (Å²) in [4.78, 5) is 18.2. The summed E-state index contributed by atoms with van der Waals surface area (Å²) in [5.41, 5.74) is 2.40. The van der Waals surface area contributed by atoms with Crippen LogP contribution in [0.5, 0.6) is 11.5 Å². The van der Waals surface area contributed by atoms with Crippen molar-refractivity contribution in [2.45, 2.75) is 19.4 Å². The largest absolute Gasteiger partial charge is 0.497 e. The van der Waals surface area contributed by atoms with E-state index in [1.54, 1.807) is 51.4 Å². The number of carbonyl (C=O) groups excluding carboxylic acids is 1. The number of ether oxygens (including phenoxy) is 2. The molecule has 1 amide bonds. The molecule has 0 saturated carbocycles. The van der Waals surface area contributed by atoms with E-state index < -0.39 is 6.10 Å². The normalized spacial score (nSPS) is 12.1. The fourth-order valence-corrected chi connectivity index (χ4v) is 3.09. The molecule has 32 heavy (non-hydrogen) atoms. The number of carbonyl (C=O) groups is 1. The maximum Gasteiger partial charge on any atom is 0.253 e. The Hall–Kier alpha value is -3.26. The predicted octanol–water partition coefficient (Wildman–Crippen LogP) is 2.24. The molecule has 8 heteroatoms. The standard InChI is InChI=1S/C24H34N4O4/c1-6-25-24(26-11-10-17-8-7-9-18(12-17)23(30)28(2)3)27-16-22(29)19-13-20(31-4)15-21(14-19)32-5/h7-9,12-15,22,29H,6,10-11,16H2,1-5H3,(H2,25,26,27). The van der Waals surface area contributed by atoms with Crippen LogP contribution in [0.1, 0.15) is 34.5 Å². The van der Waals surface area contributed by atoms with Crippen molar-refractivity contribution in [3.8, 4) is 11.5 Å². The van der Waals surface area contributed by atoms with Gasteiger partial charge in [-0.25, -0.2) is 0 Å². The van der Waals surface area contributed by atoms with Gasteiger partial charge in [-0.15, -0.1) is 0 Å². The lowest BCUT2D eigenvalue weighted by molar-refractivity contribution is 0.0827. The average Bonchev–Trinajstić information content (AvgIpc) is 2.81. The Morgan fingerprint density at radius 1 is 1.09 bits per heavy atom. The van der Waals surface area contributed by atoms with Gasteiger partial charge in [0.25, 0.3) is 5.91 Å². The molecule has 174 valence electrons. The van der Waals surface area contributed by atoms with Gasteiger partial charge in [0.15, 0.2) is 5.96 Å². The van der Waals surface area contributed by atoms with Crippen molar-refractivity contribution in [2.24, 2.45) is 4.99 Å². The van der Waals surface area contributed by atoms with E-state index in [9.17, 15) is 9.90 Å². The third kappa shape index (κ3) is 7.46. The van der Waals surface area contributed by atoms with E-state index in [-0.39, 0.29) is 12.5 Å². The van der Waals surface area contributed by atoms with Crippen molar-refractivity contribution >= 4 is 11.9 Å². The second kappa shape index (κ2) is 12.6. The highest BCUT2D eigenvalue weighted by Crippen LogP contribution is 2.26. The van der Waals surface area contributed by atoms with Crippen LogP contribution in [-0.2, 0) is 6.42 Å². The first-order valence-electron chi connectivity index (χ1n) is 10.6. The van der Waals surface area contributed by atoms with Crippen LogP contribution in [0.15, 0.2) is 47.5 Å². The number of aliphatic hydroxyl groups is 1. The van der Waals surface area contributed by atoms with Crippen molar-refractivity contribution in [1.82, 2.24) is 15.5 Å². The number of nitrogens with one attached hydrogen (secondary N) is 2. The highest BCUT2D eigenvalue weighted by atomic mass is 16.5. The fraction of sp³-hybridized carbons (Fsp3) is 0.417. The monoisotopic (exact) mass is 442 g/mol. The first-order valence-corrected chi connectivity index (χ1v) is 10.6. The molecule has 0 radical (unpaired) electrons. The van der Waals surface area contributed by atoms with Crippen LogP contribution in [0, 0.1) is 0 Å². The molecule has 0 heterocycles. The molecule has 3 N–H and O–H groups in total. The van der Waals surface area contributed by atoms with E-state index in [0.717, 1.165) is 12.0 Å². The second-order valence-electron chi connectivity index (χ2n) is 7.46. The van der Waals surface area contributed by atoms with Crippen LogP contribution in [0.3, 0.4) is 0 Å². The van der Waals surface area contributed by atoms with Crippen LogP contribution < -0.4 is 20.1 Å². The van der Waals surface area contributed by atoms with Crippen molar-refractivity contribution in [1.29, 1.82) is 0 Å². The molecule has 0 spiro atoms. The van der Waals surface area contributed by atoms with E-state index >= 15 is 0 Å². The van der Waals surface area contributed by atoms with Crippen LogP contribution in [0.25, 0.3) is 0 Å². The van der Waals surface area contributed by atoms with Gasteiger partial charge in [-0.3, -0.25) is 9.79 Å². The maximum atomic E-state index is 12.2. The Morgan fingerprint density at radius 3 is 2.38 bits per heavy atom. The number of amides is 1. The first-order chi connectivity index (χ1) is 15.4. The molecule has 1 unspecified atom stereocenters. The van der Waals surface area contributed by atoms with E-state index in [1.807, 2.05) is 31.2 Å². The Balaban J connectivity index is 1.99. The minimum Gasteiger partial charge on any atom is -0.497 e. The number of hydrogen-bond acceptors (Lipinski definition) is 5. The number of aliphatic imine (C=N–C) groups is 1. The van der Waals surface area contributed by atoms with E-state index in [2.05, 4.69) is 15.6 Å². The highest BCUT2D eigenvalue weighted by molar-refractivity contribution is 5.94. The molecule has 8 nitrogen and oxygen atoms in total. The third-order valence-corrected chi connectivity index (χ3v) is 4.81. The molecule has 1 atom stereocenters. The molecule has 0 saturated heterocycles. The molecule has 2 aromatic rings. The zero-order valence-corrected chi connectivity index (χ0v) is 19.5. The number of nitrogens with zero attached hydrogens (tertiary/aromatic N) is 2. The van der Waals surface area contributed by atoms with E-state index in [4.69, 9.17) is 9.47 Å². The van der Waals surface area contributed by atoms with E-state index in [0.29, 0.717) is 41.7 Å². The fourth-order valence-electron chi connectivity index (χ4n) is 3.09. The van der Waals surface area contributed by atoms with Crippen LogP contribution in [0.4, 0.5) is 0 Å². The van der Waals surface area contributed by atoms with Crippen molar-refractivity contribution in [3.05, 3.63) is 59.2 Å². The van der Waals surface area contributed by atoms with Crippen LogP contribution in [-0.4, -0.2) is 69.8 Å². The van der Waals surface area contributed by atoms with Crippen molar-refractivity contribution in [2.75, 3.05) is 47.9 Å². The van der Waals surface area contributed by atoms with Gasteiger partial charge in [-0.2, -0.15) is 0 Å². The molecule has 0 aliphatic rings. The summed E-state index contributed by atoms with van der Waals surface area (Å²) >= 11 is 0. The minimum absolute atomic E-state index is 0.0159. The lowest BCUT2D eigenvalue weighted by Crippen LogP contribution is -2.38. The summed E-state index contributed by atoms with van der Waals surface area (Å²) in [6, 6.07) is 12.9. The van der Waals surface area contributed by atoms with Gasteiger partial charge in [0.05, 0.1) is 26.9 Å². The molecular formula is C24H34N4O4. The van der Waals surface area contributed by atoms with Gasteiger partial charge in [-0.1, -0.05) is 12.1 Å². The van der Waals surface area contributed by atoms with Crippen molar-refractivity contribution in [3.63, 3.8) is 0 Å². The van der Waals surface area contributed by atoms with Gasteiger partial charge >= 0.3 is 0 Å². The minimum atomic E-state index is -0.803. The zero-order chi connectivity index (χ0) is 23.5. The number of guanidine groups is 1. The average molecular weight is 443 g/mol. The molecule has 0 aromatic heterocycles. The summed E-state index contributed by atoms with van der Waals surface area (Å²) in [6.07, 6.45) is -0.0719. The number of methoxy groups -OCH3 is 2. The first kappa shape index (κ1) is 25.0. The lowest BCUT2D eigenvalue weighted by atomic mass is 10.1. The quantitative estimate of drug-likeness (QED) is 0.386. The van der Waals surface area contributed by atoms with Gasteiger partial charge in [0, 0.05) is 38.8 Å². The Morgan fingerprint density at radius 2 is 1.78 bits per heavy atom. The lowest BCUT2D eigenvalue weighted by Gasteiger charge is -2.15. The SMILES string of the molecule is CCNC(=NCC(O)c1cc(OC)cc(OC)c1)NCCc1cccc(C(=O)N(C)C)c1. The van der Waals surface area contributed by atoms with E-state index in [1.165, 1.54) is 0 Å². The van der Waals surface area contributed by atoms with Gasteiger partial charge in [0.2, 0.25) is 0 Å². The summed E-state index contributed by atoms with van der Waals surface area (Å²) in [6.45, 7) is 3.49. The molecule has 0 aliphatic carbocycles. The summed E-state index contributed by atoms with van der Waals surface area (Å²) in [5, 5.41) is 17.1. The predicted molar refractivity (Wildman–Crippen MR) is 127 cm³/mol. The second-order valence-corrected chi connectivity index (χ2v) is 7.46. The molecular weight excluding hydrogens is 408 g/mol. The molecule has 0 fully saturated rings. The topological polar surface area (TPSA) is 95.4 Å². The highest BCUT2D eigenvalue weighted by Gasteiger charge is 2.12. The maximum absolute atomic E-state index is 12.2. The molecule has 2 aromatic carbocycles. The van der Waals surface area contributed by atoms with Gasteiger partial charge in [0.1, 0.15) is 11.5 Å². The Labute approximate surface area is 190 Å². The van der Waals surface area contributed by atoms with Gasteiger partial charge in [-0.05, 0) is 48.7 Å². The summed E-state index contributed by atoms with van der Waals surface area (Å²) in [7, 11) is 6.63. The molecule has 2 rings (SSSR count). The number of hydrogen-bond donors (Lipinski definition) is 3. The number of rotatable bonds is 10. The molecule has 0 aliphatic heterocycles. The zero-order valence-electron chi connectivity index (χ0n) is 19.5. The number of benzene rings is 2. The third-order valence-electron chi connectivity index (χ3n) is 4.81. The summed E-state index contributed by atoms with van der Waals surface area (Å²) < 4.78 is 10.5. The Kier molecular flexibility index (Phi) is 9.81. The Bertz CT molecular complexity index is 892. The van der Waals surface area contributed by atoms with Crippen LogP contribution in [0.2, 0.25) is 0 Å². The van der Waals surface area contributed by atoms with Crippen LogP contribution >= 0.6 is 0 Å². The van der Waals surface area contributed by atoms with Crippen molar-refractivity contribution < 1.29 is 19.4 Å². The number of aliphatic hydroxyl groups excluding tert-OH is 1.